The fourth-order valence-electron chi connectivity index (χ4n) is 2.39. The van der Waals surface area contributed by atoms with Crippen LogP contribution in [0, 0.1) is 17.8 Å². The highest BCUT2D eigenvalue weighted by molar-refractivity contribution is 6.39. The highest BCUT2D eigenvalue weighted by Crippen LogP contribution is 2.29. The molecule has 0 heterocycles. The maximum Gasteiger partial charge on any atom is 0.238 e. The van der Waals surface area contributed by atoms with E-state index in [1.165, 1.54) is 0 Å². The first-order valence-electron chi connectivity index (χ1n) is 7.27. The van der Waals surface area contributed by atoms with Gasteiger partial charge >= 0.3 is 0 Å². The lowest BCUT2D eigenvalue weighted by Gasteiger charge is -2.25. The van der Waals surface area contributed by atoms with Gasteiger partial charge in [-0.1, -0.05) is 57.0 Å². The molecule has 1 amide bonds. The number of para-hydroxylation sites is 1. The molecule has 0 aromatic heterocycles. The Hall–Kier alpha value is -0.770. The van der Waals surface area contributed by atoms with Gasteiger partial charge in [0.05, 0.1) is 22.3 Å². The van der Waals surface area contributed by atoms with Crippen LogP contribution in [0.3, 0.4) is 0 Å². The number of rotatable bonds is 7. The number of hydrogen-bond donors (Lipinski definition) is 2. The van der Waals surface area contributed by atoms with Gasteiger partial charge < -0.3 is 10.6 Å². The zero-order valence-corrected chi connectivity index (χ0v) is 14.6. The average molecular weight is 331 g/mol. The summed E-state index contributed by atoms with van der Waals surface area (Å²) in [6, 6.07) is 5.14. The van der Waals surface area contributed by atoms with Crippen molar-refractivity contribution in [1.82, 2.24) is 5.32 Å². The second kappa shape index (κ2) is 8.62. The van der Waals surface area contributed by atoms with E-state index >= 15 is 0 Å². The molecule has 0 saturated carbocycles. The van der Waals surface area contributed by atoms with Crippen molar-refractivity contribution in [3.63, 3.8) is 0 Å². The molecule has 118 valence electrons. The van der Waals surface area contributed by atoms with E-state index in [1.807, 2.05) is 0 Å². The number of benzene rings is 1. The van der Waals surface area contributed by atoms with Crippen molar-refractivity contribution < 1.29 is 4.79 Å². The third kappa shape index (κ3) is 5.85. The first-order chi connectivity index (χ1) is 9.82. The molecule has 2 N–H and O–H groups in total. The van der Waals surface area contributed by atoms with Crippen molar-refractivity contribution in [1.29, 1.82) is 0 Å². The SMILES string of the molecule is CC(C)C(CNCC(=O)Nc1c(Cl)cccc1Cl)C(C)C. The molecule has 0 bridgehead atoms. The standard InChI is InChI=1S/C16H24Cl2N2O/c1-10(2)12(11(3)4)8-19-9-15(21)20-16-13(17)6-5-7-14(16)18/h5-7,10-12,19H,8-9H2,1-4H3,(H,20,21). The summed E-state index contributed by atoms with van der Waals surface area (Å²) in [6.45, 7) is 9.88. The lowest BCUT2D eigenvalue weighted by atomic mass is 9.85. The third-order valence-corrected chi connectivity index (χ3v) is 4.24. The van der Waals surface area contributed by atoms with Crippen molar-refractivity contribution in [3.05, 3.63) is 28.2 Å². The van der Waals surface area contributed by atoms with Gasteiger partial charge in [-0.25, -0.2) is 0 Å². The molecule has 0 fully saturated rings. The van der Waals surface area contributed by atoms with Gasteiger partial charge in [0.1, 0.15) is 0 Å². The molecule has 1 aromatic rings. The summed E-state index contributed by atoms with van der Waals surface area (Å²) in [4.78, 5) is 11.9. The molecule has 1 rings (SSSR count). The summed E-state index contributed by atoms with van der Waals surface area (Å²) >= 11 is 12.0. The molecule has 0 unspecified atom stereocenters. The molecule has 0 aliphatic rings. The van der Waals surface area contributed by atoms with Gasteiger partial charge in [0.15, 0.2) is 0 Å². The van der Waals surface area contributed by atoms with E-state index in [4.69, 9.17) is 23.2 Å². The van der Waals surface area contributed by atoms with Gasteiger partial charge in [-0.05, 0) is 36.4 Å². The topological polar surface area (TPSA) is 41.1 Å². The predicted octanol–water partition coefficient (Wildman–Crippen LogP) is 4.45. The predicted molar refractivity (Wildman–Crippen MR) is 91.1 cm³/mol. The zero-order valence-electron chi connectivity index (χ0n) is 13.0. The molecule has 0 aliphatic heterocycles. The molecule has 1 aromatic carbocycles. The summed E-state index contributed by atoms with van der Waals surface area (Å²) in [5.74, 6) is 1.56. The van der Waals surface area contributed by atoms with Crippen LogP contribution in [0.1, 0.15) is 27.7 Å². The van der Waals surface area contributed by atoms with Gasteiger partial charge in [-0.15, -0.1) is 0 Å². The second-order valence-corrected chi connectivity index (χ2v) is 6.74. The van der Waals surface area contributed by atoms with Gasteiger partial charge in [0.25, 0.3) is 0 Å². The molecule has 5 heteroatoms. The van der Waals surface area contributed by atoms with Crippen LogP contribution in [0.2, 0.25) is 10.0 Å². The molecule has 0 atom stereocenters. The van der Waals surface area contributed by atoms with Gasteiger partial charge in [0, 0.05) is 0 Å². The van der Waals surface area contributed by atoms with E-state index in [9.17, 15) is 4.79 Å². The first-order valence-corrected chi connectivity index (χ1v) is 8.03. The van der Waals surface area contributed by atoms with Crippen molar-refractivity contribution in [2.45, 2.75) is 27.7 Å². The van der Waals surface area contributed by atoms with Crippen molar-refractivity contribution in [3.8, 4) is 0 Å². The minimum atomic E-state index is -0.142. The van der Waals surface area contributed by atoms with Crippen LogP contribution < -0.4 is 10.6 Å². The maximum atomic E-state index is 11.9. The zero-order chi connectivity index (χ0) is 16.0. The minimum absolute atomic E-state index is 0.142. The Morgan fingerprint density at radius 3 is 2.10 bits per heavy atom. The van der Waals surface area contributed by atoms with Crippen molar-refractivity contribution in [2.75, 3.05) is 18.4 Å². The number of amides is 1. The van der Waals surface area contributed by atoms with E-state index in [1.54, 1.807) is 18.2 Å². The fourth-order valence-corrected chi connectivity index (χ4v) is 2.89. The lowest BCUT2D eigenvalue weighted by molar-refractivity contribution is -0.115. The van der Waals surface area contributed by atoms with Crippen LogP contribution in [-0.2, 0) is 4.79 Å². The molecular weight excluding hydrogens is 307 g/mol. The Labute approximate surface area is 137 Å². The molecule has 0 aliphatic carbocycles. The molecule has 0 saturated heterocycles. The summed E-state index contributed by atoms with van der Waals surface area (Å²) in [7, 11) is 0. The Morgan fingerprint density at radius 1 is 1.10 bits per heavy atom. The monoisotopic (exact) mass is 330 g/mol. The summed E-state index contributed by atoms with van der Waals surface area (Å²) in [6.07, 6.45) is 0. The number of carbonyl (C=O) groups excluding carboxylic acids is 1. The maximum absolute atomic E-state index is 11.9. The lowest BCUT2D eigenvalue weighted by Crippen LogP contribution is -2.35. The summed E-state index contributed by atoms with van der Waals surface area (Å²) in [5.41, 5.74) is 0.469. The Kier molecular flexibility index (Phi) is 7.50. The quantitative estimate of drug-likeness (QED) is 0.775. The van der Waals surface area contributed by atoms with E-state index in [2.05, 4.69) is 38.3 Å². The molecule has 0 spiro atoms. The van der Waals surface area contributed by atoms with Crippen LogP contribution in [0.5, 0.6) is 0 Å². The number of hydrogen-bond acceptors (Lipinski definition) is 2. The van der Waals surface area contributed by atoms with Crippen LogP contribution in [-0.4, -0.2) is 19.0 Å². The summed E-state index contributed by atoms with van der Waals surface area (Å²) in [5, 5.41) is 6.84. The van der Waals surface area contributed by atoms with E-state index in [0.29, 0.717) is 33.5 Å². The fraction of sp³-hybridized carbons (Fsp3) is 0.562. The van der Waals surface area contributed by atoms with E-state index in [0.717, 1.165) is 6.54 Å². The normalized spacial score (nSPS) is 11.5. The van der Waals surface area contributed by atoms with Crippen LogP contribution in [0.4, 0.5) is 5.69 Å². The number of anilines is 1. The van der Waals surface area contributed by atoms with E-state index < -0.39 is 0 Å². The Morgan fingerprint density at radius 2 is 1.62 bits per heavy atom. The second-order valence-electron chi connectivity index (χ2n) is 5.93. The van der Waals surface area contributed by atoms with Gasteiger partial charge in [0.2, 0.25) is 5.91 Å². The van der Waals surface area contributed by atoms with Crippen LogP contribution in [0.15, 0.2) is 18.2 Å². The highest BCUT2D eigenvalue weighted by atomic mass is 35.5. The first kappa shape index (κ1) is 18.3. The van der Waals surface area contributed by atoms with Crippen molar-refractivity contribution >= 4 is 34.8 Å². The molecular formula is C16H24Cl2N2O. The number of nitrogens with one attached hydrogen (secondary N) is 2. The number of carbonyl (C=O) groups is 1. The number of halogens is 2. The largest absolute Gasteiger partial charge is 0.322 e. The van der Waals surface area contributed by atoms with Gasteiger partial charge in [-0.3, -0.25) is 4.79 Å². The average Bonchev–Trinajstić information content (AvgIpc) is 2.38. The minimum Gasteiger partial charge on any atom is -0.322 e. The van der Waals surface area contributed by atoms with Crippen LogP contribution in [0.25, 0.3) is 0 Å². The molecule has 21 heavy (non-hydrogen) atoms. The van der Waals surface area contributed by atoms with Crippen LogP contribution >= 0.6 is 23.2 Å². The smallest absolute Gasteiger partial charge is 0.238 e. The molecule has 0 radical (unpaired) electrons. The molecule has 3 nitrogen and oxygen atoms in total. The third-order valence-electron chi connectivity index (χ3n) is 3.61. The Bertz CT molecular complexity index is 447. The Balaban J connectivity index is 2.48. The van der Waals surface area contributed by atoms with Gasteiger partial charge in [-0.2, -0.15) is 0 Å². The van der Waals surface area contributed by atoms with Crippen molar-refractivity contribution in [2.24, 2.45) is 17.8 Å². The van der Waals surface area contributed by atoms with E-state index in [-0.39, 0.29) is 12.5 Å². The highest BCUT2D eigenvalue weighted by Gasteiger charge is 2.17. The summed E-state index contributed by atoms with van der Waals surface area (Å²) < 4.78 is 0.